The van der Waals surface area contributed by atoms with E-state index in [2.05, 4.69) is 33.7 Å². The van der Waals surface area contributed by atoms with Gasteiger partial charge in [0.2, 0.25) is 0 Å². The van der Waals surface area contributed by atoms with Gasteiger partial charge in [-0.15, -0.1) is 0 Å². The Morgan fingerprint density at radius 1 is 1.40 bits per heavy atom. The van der Waals surface area contributed by atoms with E-state index in [1.54, 1.807) is 11.3 Å². The molecular weight excluding hydrogens is 206 g/mol. The molecule has 1 aromatic rings. The Hall–Kier alpha value is -0.420. The first-order chi connectivity index (χ1) is 7.31. The summed E-state index contributed by atoms with van der Waals surface area (Å²) in [6.07, 6.45) is 0. The molecule has 1 aliphatic rings. The molecule has 0 amide bonds. The number of piperazine rings is 1. The minimum atomic E-state index is 0.421. The zero-order valence-electron chi connectivity index (χ0n) is 9.22. The Kier molecular flexibility index (Phi) is 3.75. The largest absolute Gasteiger partial charge is 0.329 e. The molecule has 2 heterocycles. The number of thiophene rings is 1. The molecule has 84 valence electrons. The van der Waals surface area contributed by atoms with E-state index in [1.807, 2.05) is 0 Å². The van der Waals surface area contributed by atoms with Gasteiger partial charge in [0, 0.05) is 38.8 Å². The molecule has 0 radical (unpaired) electrons. The molecule has 2 N–H and O–H groups in total. The van der Waals surface area contributed by atoms with Crippen LogP contribution in [0.3, 0.4) is 0 Å². The Bertz CT molecular complexity index is 278. The predicted molar refractivity (Wildman–Crippen MR) is 65.2 cm³/mol. The van der Waals surface area contributed by atoms with Gasteiger partial charge in [-0.3, -0.25) is 4.90 Å². The number of likely N-dealkylation sites (N-methyl/N-ethyl adjacent to an activating group) is 1. The van der Waals surface area contributed by atoms with Crippen molar-refractivity contribution in [3.05, 3.63) is 22.4 Å². The Labute approximate surface area is 95.5 Å². The molecule has 15 heavy (non-hydrogen) atoms. The van der Waals surface area contributed by atoms with E-state index in [9.17, 15) is 0 Å². The van der Waals surface area contributed by atoms with Crippen LogP contribution in [0.15, 0.2) is 16.8 Å². The van der Waals surface area contributed by atoms with Gasteiger partial charge >= 0.3 is 0 Å². The predicted octanol–water partition coefficient (Wildman–Crippen LogP) is 0.995. The summed E-state index contributed by atoms with van der Waals surface area (Å²) in [7, 11) is 2.18. The van der Waals surface area contributed by atoms with E-state index in [1.165, 1.54) is 5.56 Å². The molecule has 4 heteroatoms. The highest BCUT2D eigenvalue weighted by molar-refractivity contribution is 7.07. The molecule has 0 unspecified atom stereocenters. The van der Waals surface area contributed by atoms with E-state index < -0.39 is 0 Å². The summed E-state index contributed by atoms with van der Waals surface area (Å²) >= 11 is 1.76. The van der Waals surface area contributed by atoms with Gasteiger partial charge in [-0.25, -0.2) is 0 Å². The molecule has 0 saturated carbocycles. The first-order valence-corrected chi connectivity index (χ1v) is 6.40. The average Bonchev–Trinajstić information content (AvgIpc) is 2.75. The van der Waals surface area contributed by atoms with Gasteiger partial charge in [0.1, 0.15) is 0 Å². The van der Waals surface area contributed by atoms with Crippen LogP contribution in [-0.4, -0.2) is 49.6 Å². The van der Waals surface area contributed by atoms with Gasteiger partial charge in [0.05, 0.1) is 0 Å². The Morgan fingerprint density at radius 2 is 2.13 bits per heavy atom. The number of hydrogen-bond acceptors (Lipinski definition) is 4. The van der Waals surface area contributed by atoms with E-state index in [4.69, 9.17) is 5.73 Å². The lowest BCUT2D eigenvalue weighted by Crippen LogP contribution is -2.47. The molecule has 1 fully saturated rings. The zero-order valence-corrected chi connectivity index (χ0v) is 10.0. The molecule has 1 saturated heterocycles. The standard InChI is InChI=1S/C11H19N3S/c1-13-3-5-14(6-4-13)11(8-12)10-2-7-15-9-10/h2,7,9,11H,3-6,8,12H2,1H3/t11-/m0/s1. The van der Waals surface area contributed by atoms with Gasteiger partial charge in [0.25, 0.3) is 0 Å². The third-order valence-electron chi connectivity index (χ3n) is 3.13. The monoisotopic (exact) mass is 225 g/mol. The lowest BCUT2D eigenvalue weighted by Gasteiger charge is -2.37. The topological polar surface area (TPSA) is 32.5 Å². The smallest absolute Gasteiger partial charge is 0.0479 e. The maximum Gasteiger partial charge on any atom is 0.0479 e. The lowest BCUT2D eigenvalue weighted by atomic mass is 10.1. The maximum atomic E-state index is 5.88. The van der Waals surface area contributed by atoms with Crippen LogP contribution in [0, 0.1) is 0 Å². The van der Waals surface area contributed by atoms with Crippen molar-refractivity contribution >= 4 is 11.3 Å². The van der Waals surface area contributed by atoms with E-state index in [-0.39, 0.29) is 0 Å². The minimum Gasteiger partial charge on any atom is -0.329 e. The second-order valence-corrected chi connectivity index (χ2v) is 4.93. The second kappa shape index (κ2) is 5.07. The lowest BCUT2D eigenvalue weighted by molar-refractivity contribution is 0.114. The number of hydrogen-bond donors (Lipinski definition) is 1. The molecule has 1 aromatic heterocycles. The fourth-order valence-electron chi connectivity index (χ4n) is 2.09. The van der Waals surface area contributed by atoms with Crippen molar-refractivity contribution in [2.75, 3.05) is 39.8 Å². The summed E-state index contributed by atoms with van der Waals surface area (Å²) in [5, 5.41) is 4.35. The molecule has 3 nitrogen and oxygen atoms in total. The Morgan fingerprint density at radius 3 is 2.67 bits per heavy atom. The molecule has 0 aliphatic carbocycles. The second-order valence-electron chi connectivity index (χ2n) is 4.15. The van der Waals surface area contributed by atoms with E-state index in [0.29, 0.717) is 6.04 Å². The third-order valence-corrected chi connectivity index (χ3v) is 3.83. The normalized spacial score (nSPS) is 21.7. The first kappa shape index (κ1) is 11.1. The van der Waals surface area contributed by atoms with Gasteiger partial charge in [0.15, 0.2) is 0 Å². The SMILES string of the molecule is CN1CCN([C@@H](CN)c2ccsc2)CC1. The van der Waals surface area contributed by atoms with Crippen molar-refractivity contribution in [2.45, 2.75) is 6.04 Å². The van der Waals surface area contributed by atoms with Crippen molar-refractivity contribution in [3.63, 3.8) is 0 Å². The minimum absolute atomic E-state index is 0.421. The summed E-state index contributed by atoms with van der Waals surface area (Å²) in [4.78, 5) is 4.87. The molecule has 0 bridgehead atoms. The third kappa shape index (κ3) is 2.58. The molecule has 2 rings (SSSR count). The highest BCUT2D eigenvalue weighted by Crippen LogP contribution is 2.22. The average molecular weight is 225 g/mol. The Balaban J connectivity index is 2.01. The molecule has 1 aliphatic heterocycles. The number of nitrogens with zero attached hydrogens (tertiary/aromatic N) is 2. The van der Waals surface area contributed by atoms with Crippen LogP contribution < -0.4 is 5.73 Å². The quantitative estimate of drug-likeness (QED) is 0.833. The summed E-state index contributed by atoms with van der Waals surface area (Å²) in [6, 6.07) is 2.62. The highest BCUT2D eigenvalue weighted by atomic mass is 32.1. The van der Waals surface area contributed by atoms with Crippen LogP contribution in [0.1, 0.15) is 11.6 Å². The van der Waals surface area contributed by atoms with Gasteiger partial charge < -0.3 is 10.6 Å². The van der Waals surface area contributed by atoms with Crippen LogP contribution >= 0.6 is 11.3 Å². The van der Waals surface area contributed by atoms with Crippen molar-refractivity contribution < 1.29 is 0 Å². The molecule has 0 spiro atoms. The van der Waals surface area contributed by atoms with E-state index in [0.717, 1.165) is 32.7 Å². The van der Waals surface area contributed by atoms with Gasteiger partial charge in [-0.1, -0.05) is 0 Å². The maximum absolute atomic E-state index is 5.88. The van der Waals surface area contributed by atoms with Gasteiger partial charge in [-0.2, -0.15) is 11.3 Å². The van der Waals surface area contributed by atoms with Crippen LogP contribution in [0.5, 0.6) is 0 Å². The molecule has 0 aromatic carbocycles. The first-order valence-electron chi connectivity index (χ1n) is 5.46. The fourth-order valence-corrected chi connectivity index (χ4v) is 2.80. The van der Waals surface area contributed by atoms with Crippen LogP contribution in [0.2, 0.25) is 0 Å². The van der Waals surface area contributed by atoms with E-state index >= 15 is 0 Å². The summed E-state index contributed by atoms with van der Waals surface area (Å²) < 4.78 is 0. The number of rotatable bonds is 3. The van der Waals surface area contributed by atoms with Crippen molar-refractivity contribution in [1.82, 2.24) is 9.80 Å². The van der Waals surface area contributed by atoms with Crippen LogP contribution in [-0.2, 0) is 0 Å². The summed E-state index contributed by atoms with van der Waals surface area (Å²) in [6.45, 7) is 5.30. The molecular formula is C11H19N3S. The van der Waals surface area contributed by atoms with Crippen LogP contribution in [0.4, 0.5) is 0 Å². The van der Waals surface area contributed by atoms with Crippen molar-refractivity contribution in [3.8, 4) is 0 Å². The van der Waals surface area contributed by atoms with Gasteiger partial charge in [-0.05, 0) is 29.4 Å². The number of nitrogens with two attached hydrogens (primary N) is 1. The summed E-state index contributed by atoms with van der Waals surface area (Å²) in [5.74, 6) is 0. The van der Waals surface area contributed by atoms with Crippen molar-refractivity contribution in [2.24, 2.45) is 5.73 Å². The highest BCUT2D eigenvalue weighted by Gasteiger charge is 2.22. The van der Waals surface area contributed by atoms with Crippen LogP contribution in [0.25, 0.3) is 0 Å². The van der Waals surface area contributed by atoms with Crippen molar-refractivity contribution in [1.29, 1.82) is 0 Å². The summed E-state index contributed by atoms with van der Waals surface area (Å²) in [5.41, 5.74) is 7.26. The zero-order chi connectivity index (χ0) is 10.7. The molecule has 1 atom stereocenters. The fraction of sp³-hybridized carbons (Fsp3) is 0.636.